The Balaban J connectivity index is 1.54. The molecule has 0 aliphatic heterocycles. The normalized spacial score (nSPS) is 10.4. The van der Waals surface area contributed by atoms with Gasteiger partial charge in [-0.1, -0.05) is 43.2 Å². The molecule has 0 fully saturated rings. The molecule has 2 aromatic carbocycles. The van der Waals surface area contributed by atoms with Crippen molar-refractivity contribution in [1.82, 2.24) is 10.3 Å². The Kier molecular flexibility index (Phi) is 7.32. The first kappa shape index (κ1) is 21.0. The lowest BCUT2D eigenvalue weighted by Gasteiger charge is -2.08. The molecular weight excluding hydrogens is 402 g/mol. The first-order chi connectivity index (χ1) is 14.0. The van der Waals surface area contributed by atoms with Crippen molar-refractivity contribution in [3.05, 3.63) is 65.0 Å². The van der Waals surface area contributed by atoms with Crippen LogP contribution in [-0.4, -0.2) is 22.6 Å². The lowest BCUT2D eigenvalue weighted by atomic mass is 10.1. The van der Waals surface area contributed by atoms with Crippen molar-refractivity contribution in [2.45, 2.75) is 26.7 Å². The molecule has 0 saturated carbocycles. The summed E-state index contributed by atoms with van der Waals surface area (Å²) in [5.74, 6) is 0.472. The summed E-state index contributed by atoms with van der Waals surface area (Å²) in [6.07, 6.45) is 2.08. The van der Waals surface area contributed by atoms with Crippen LogP contribution in [0.2, 0.25) is 0 Å². The van der Waals surface area contributed by atoms with Crippen LogP contribution < -0.4 is 15.4 Å². The number of carbonyl (C=O) groups excluding carboxylic acids is 1. The van der Waals surface area contributed by atoms with E-state index in [1.54, 1.807) is 24.3 Å². The van der Waals surface area contributed by atoms with Crippen LogP contribution in [0.25, 0.3) is 11.3 Å². The lowest BCUT2D eigenvalue weighted by molar-refractivity contribution is 0.0977. The van der Waals surface area contributed by atoms with Gasteiger partial charge in [0.1, 0.15) is 5.75 Å². The number of aryl methyl sites for hydroxylation is 1. The number of benzene rings is 2. The number of thiocarbonyl (C=S) groups is 1. The van der Waals surface area contributed by atoms with Crippen molar-refractivity contribution in [3.63, 3.8) is 0 Å². The van der Waals surface area contributed by atoms with E-state index >= 15 is 0 Å². The number of nitrogens with zero attached hydrogens (tertiary/aromatic N) is 1. The molecule has 0 radical (unpaired) electrons. The zero-order valence-electron chi connectivity index (χ0n) is 16.4. The average Bonchev–Trinajstić information content (AvgIpc) is 3.17. The van der Waals surface area contributed by atoms with Gasteiger partial charge in [-0.2, -0.15) is 0 Å². The van der Waals surface area contributed by atoms with Crippen LogP contribution in [0.4, 0.5) is 5.13 Å². The number of nitrogens with one attached hydrogen (secondary N) is 2. The maximum atomic E-state index is 12.4. The van der Waals surface area contributed by atoms with Crippen molar-refractivity contribution in [2.24, 2.45) is 0 Å². The molecular formula is C22H23N3O2S2. The molecule has 7 heteroatoms. The van der Waals surface area contributed by atoms with Gasteiger partial charge in [-0.15, -0.1) is 11.3 Å². The van der Waals surface area contributed by atoms with Crippen molar-refractivity contribution >= 4 is 39.7 Å². The van der Waals surface area contributed by atoms with Crippen molar-refractivity contribution in [1.29, 1.82) is 0 Å². The van der Waals surface area contributed by atoms with Gasteiger partial charge in [0.2, 0.25) is 0 Å². The third-order valence-electron chi connectivity index (χ3n) is 4.18. The summed E-state index contributed by atoms with van der Waals surface area (Å²) in [5, 5.41) is 8.45. The molecule has 0 saturated heterocycles. The zero-order chi connectivity index (χ0) is 20.6. The number of ether oxygens (including phenoxy) is 1. The molecule has 0 aliphatic rings. The summed E-state index contributed by atoms with van der Waals surface area (Å²) < 4.78 is 5.61. The number of anilines is 1. The Bertz CT molecular complexity index is 966. The molecule has 0 spiro atoms. The fraction of sp³-hybridized carbons (Fsp3) is 0.227. The number of unbranched alkanes of at least 4 members (excludes halogenated alkanes) is 1. The van der Waals surface area contributed by atoms with Gasteiger partial charge in [-0.3, -0.25) is 10.1 Å². The molecule has 1 heterocycles. The van der Waals surface area contributed by atoms with E-state index in [4.69, 9.17) is 17.0 Å². The molecule has 3 rings (SSSR count). The molecule has 2 N–H and O–H groups in total. The Morgan fingerprint density at radius 2 is 1.86 bits per heavy atom. The van der Waals surface area contributed by atoms with Gasteiger partial charge in [-0.05, 0) is 49.8 Å². The number of thiazole rings is 1. The van der Waals surface area contributed by atoms with Gasteiger partial charge >= 0.3 is 0 Å². The molecule has 29 heavy (non-hydrogen) atoms. The van der Waals surface area contributed by atoms with Crippen LogP contribution in [0.15, 0.2) is 53.9 Å². The summed E-state index contributed by atoms with van der Waals surface area (Å²) in [4.78, 5) is 16.9. The molecule has 1 amide bonds. The minimum Gasteiger partial charge on any atom is -0.494 e. The van der Waals surface area contributed by atoms with Crippen LogP contribution in [0, 0.1) is 6.92 Å². The fourth-order valence-electron chi connectivity index (χ4n) is 2.53. The molecule has 0 aliphatic carbocycles. The number of hydrogen-bond acceptors (Lipinski definition) is 5. The van der Waals surface area contributed by atoms with Crippen LogP contribution in [0.5, 0.6) is 5.75 Å². The molecule has 5 nitrogen and oxygen atoms in total. The van der Waals surface area contributed by atoms with E-state index in [0.717, 1.165) is 29.8 Å². The van der Waals surface area contributed by atoms with Crippen LogP contribution >= 0.6 is 23.6 Å². The highest BCUT2D eigenvalue weighted by atomic mass is 32.1. The molecule has 1 aromatic heterocycles. The van der Waals surface area contributed by atoms with Crippen LogP contribution in [-0.2, 0) is 0 Å². The second-order valence-electron chi connectivity index (χ2n) is 6.54. The van der Waals surface area contributed by atoms with E-state index in [9.17, 15) is 4.79 Å². The monoisotopic (exact) mass is 425 g/mol. The summed E-state index contributed by atoms with van der Waals surface area (Å²) in [6.45, 7) is 4.84. The smallest absolute Gasteiger partial charge is 0.257 e. The molecule has 150 valence electrons. The quantitative estimate of drug-likeness (QED) is 0.391. The maximum Gasteiger partial charge on any atom is 0.257 e. The van der Waals surface area contributed by atoms with Gasteiger partial charge < -0.3 is 10.1 Å². The molecule has 3 aromatic rings. The topological polar surface area (TPSA) is 63.2 Å². The number of rotatable bonds is 7. The highest BCUT2D eigenvalue weighted by Gasteiger charge is 2.10. The Hall–Kier alpha value is -2.77. The van der Waals surface area contributed by atoms with E-state index in [1.165, 1.54) is 16.9 Å². The van der Waals surface area contributed by atoms with E-state index < -0.39 is 0 Å². The summed E-state index contributed by atoms with van der Waals surface area (Å²) in [7, 11) is 0. The highest BCUT2D eigenvalue weighted by Crippen LogP contribution is 2.25. The molecule has 0 unspecified atom stereocenters. The van der Waals surface area contributed by atoms with Crippen molar-refractivity contribution in [2.75, 3.05) is 11.9 Å². The average molecular weight is 426 g/mol. The second kappa shape index (κ2) is 10.1. The van der Waals surface area contributed by atoms with Gasteiger partial charge in [0.15, 0.2) is 10.2 Å². The minimum absolute atomic E-state index is 0.211. The lowest BCUT2D eigenvalue weighted by Crippen LogP contribution is -2.34. The van der Waals surface area contributed by atoms with Gasteiger partial charge in [-0.25, -0.2) is 4.98 Å². The van der Waals surface area contributed by atoms with Gasteiger partial charge in [0.05, 0.1) is 12.3 Å². The second-order valence-corrected chi connectivity index (χ2v) is 7.80. The largest absolute Gasteiger partial charge is 0.494 e. The number of aromatic nitrogens is 1. The zero-order valence-corrected chi connectivity index (χ0v) is 18.0. The molecule has 0 atom stereocenters. The standard InChI is InChI=1S/C22H23N3O2S2/c1-3-4-13-27-18-11-9-17(10-12-18)20(26)24-21(28)25-22-23-19(14-29-22)16-7-5-15(2)6-8-16/h5-12,14H,3-4,13H2,1-2H3,(H2,23,24,25,26,28). The number of carbonyl (C=O) groups is 1. The summed E-state index contributed by atoms with van der Waals surface area (Å²) in [6, 6.07) is 15.2. The Morgan fingerprint density at radius 1 is 1.14 bits per heavy atom. The third kappa shape index (κ3) is 6.10. The molecule has 0 bridgehead atoms. The van der Waals surface area contributed by atoms with Crippen molar-refractivity contribution < 1.29 is 9.53 Å². The van der Waals surface area contributed by atoms with E-state index in [2.05, 4.69) is 22.5 Å². The number of amides is 1. The van der Waals surface area contributed by atoms with E-state index in [1.807, 2.05) is 36.6 Å². The third-order valence-corrected chi connectivity index (χ3v) is 5.14. The number of hydrogen-bond donors (Lipinski definition) is 2. The van der Waals surface area contributed by atoms with E-state index in [-0.39, 0.29) is 11.0 Å². The Morgan fingerprint density at radius 3 is 2.55 bits per heavy atom. The summed E-state index contributed by atoms with van der Waals surface area (Å²) in [5.41, 5.74) is 3.62. The fourth-order valence-corrected chi connectivity index (χ4v) is 3.51. The van der Waals surface area contributed by atoms with Crippen LogP contribution in [0.3, 0.4) is 0 Å². The first-order valence-electron chi connectivity index (χ1n) is 9.43. The first-order valence-corrected chi connectivity index (χ1v) is 10.7. The summed E-state index contributed by atoms with van der Waals surface area (Å²) >= 11 is 6.68. The van der Waals surface area contributed by atoms with Crippen molar-refractivity contribution in [3.8, 4) is 17.0 Å². The SMILES string of the molecule is CCCCOc1ccc(C(=O)NC(=S)Nc2nc(-c3ccc(C)cc3)cs2)cc1. The minimum atomic E-state index is -0.280. The van der Waals surface area contributed by atoms with E-state index in [0.29, 0.717) is 17.3 Å². The Labute approximate surface area is 180 Å². The van der Waals surface area contributed by atoms with Gasteiger partial charge in [0, 0.05) is 16.5 Å². The van der Waals surface area contributed by atoms with Gasteiger partial charge in [0.25, 0.3) is 5.91 Å². The predicted octanol–water partition coefficient (Wildman–Crippen LogP) is 5.42. The predicted molar refractivity (Wildman–Crippen MR) is 123 cm³/mol. The maximum absolute atomic E-state index is 12.4. The van der Waals surface area contributed by atoms with Crippen LogP contribution in [0.1, 0.15) is 35.7 Å². The highest BCUT2D eigenvalue weighted by molar-refractivity contribution is 7.80.